The Labute approximate surface area is 176 Å². The minimum absolute atomic E-state index is 0.0419. The normalized spacial score (nSPS) is 12.2. The summed E-state index contributed by atoms with van der Waals surface area (Å²) < 4.78 is 0. The molecule has 6 nitrogen and oxygen atoms in total. The van der Waals surface area contributed by atoms with Gasteiger partial charge in [-0.3, -0.25) is 20.1 Å². The number of pyridine rings is 1. The highest BCUT2D eigenvalue weighted by Crippen LogP contribution is 2.26. The number of non-ortho nitro benzene ring substituents is 1. The maximum absolute atomic E-state index is 10.8. The standard InChI is InChI=1S/C24H24N4O2/c1-15-13-16(2)24(17(3)14-15)26-19(5)23-8-6-7-22(27-23)18(4)25-20-9-11-21(12-10-20)28(29)30/h6-14H,1-5H3/b25-18+,26-19+. The molecule has 1 aromatic heterocycles. The van der Waals surface area contributed by atoms with E-state index in [1.165, 1.54) is 17.7 Å². The van der Waals surface area contributed by atoms with E-state index < -0.39 is 4.92 Å². The van der Waals surface area contributed by atoms with Crippen LogP contribution in [0.15, 0.2) is 64.6 Å². The van der Waals surface area contributed by atoms with Crippen LogP contribution < -0.4 is 0 Å². The lowest BCUT2D eigenvalue weighted by Gasteiger charge is -2.09. The van der Waals surface area contributed by atoms with Gasteiger partial charge in [0.25, 0.3) is 5.69 Å². The second-order valence-electron chi connectivity index (χ2n) is 7.32. The van der Waals surface area contributed by atoms with Gasteiger partial charge in [-0.2, -0.15) is 0 Å². The number of nitro groups is 1. The first-order chi connectivity index (χ1) is 14.2. The van der Waals surface area contributed by atoms with E-state index in [1.54, 1.807) is 12.1 Å². The molecule has 0 fully saturated rings. The maximum Gasteiger partial charge on any atom is 0.269 e. The van der Waals surface area contributed by atoms with Crippen molar-refractivity contribution in [1.82, 2.24) is 4.98 Å². The lowest BCUT2D eigenvalue weighted by Crippen LogP contribution is -2.05. The number of aryl methyl sites for hydroxylation is 3. The molecule has 0 amide bonds. The number of aliphatic imine (C=N–C) groups is 2. The lowest BCUT2D eigenvalue weighted by atomic mass is 10.1. The lowest BCUT2D eigenvalue weighted by molar-refractivity contribution is -0.384. The van der Waals surface area contributed by atoms with Crippen molar-refractivity contribution in [3.63, 3.8) is 0 Å². The third-order valence-corrected chi connectivity index (χ3v) is 4.76. The van der Waals surface area contributed by atoms with Gasteiger partial charge in [-0.25, -0.2) is 4.98 Å². The first-order valence-corrected chi connectivity index (χ1v) is 9.65. The minimum atomic E-state index is -0.426. The van der Waals surface area contributed by atoms with Crippen LogP contribution in [-0.2, 0) is 0 Å². The summed E-state index contributed by atoms with van der Waals surface area (Å²) in [6.07, 6.45) is 0. The van der Waals surface area contributed by atoms with Gasteiger partial charge in [0.2, 0.25) is 0 Å². The Hall–Kier alpha value is -3.67. The van der Waals surface area contributed by atoms with E-state index in [2.05, 4.69) is 37.9 Å². The van der Waals surface area contributed by atoms with E-state index in [4.69, 9.17) is 9.98 Å². The summed E-state index contributed by atoms with van der Waals surface area (Å²) in [7, 11) is 0. The van der Waals surface area contributed by atoms with Crippen LogP contribution in [-0.4, -0.2) is 21.3 Å². The van der Waals surface area contributed by atoms with Crippen LogP contribution in [0, 0.1) is 30.9 Å². The smallest absolute Gasteiger partial charge is 0.258 e. The van der Waals surface area contributed by atoms with Crippen molar-refractivity contribution in [2.45, 2.75) is 34.6 Å². The number of rotatable bonds is 5. The van der Waals surface area contributed by atoms with E-state index in [1.807, 2.05) is 32.0 Å². The van der Waals surface area contributed by atoms with Crippen LogP contribution >= 0.6 is 0 Å². The number of benzene rings is 2. The molecule has 0 aliphatic heterocycles. The Morgan fingerprint density at radius 3 is 1.93 bits per heavy atom. The Kier molecular flexibility index (Phi) is 6.16. The Balaban J connectivity index is 1.91. The molecule has 152 valence electrons. The summed E-state index contributed by atoms with van der Waals surface area (Å²) >= 11 is 0. The molecule has 0 spiro atoms. The van der Waals surface area contributed by atoms with Crippen molar-refractivity contribution < 1.29 is 4.92 Å². The molecule has 0 aliphatic carbocycles. The van der Waals surface area contributed by atoms with Crippen LogP contribution in [0.3, 0.4) is 0 Å². The van der Waals surface area contributed by atoms with Gasteiger partial charge in [-0.05, 0) is 70.0 Å². The second-order valence-corrected chi connectivity index (χ2v) is 7.32. The highest BCUT2D eigenvalue weighted by molar-refractivity contribution is 6.02. The van der Waals surface area contributed by atoms with E-state index in [9.17, 15) is 10.1 Å². The van der Waals surface area contributed by atoms with Gasteiger partial charge in [0.1, 0.15) is 0 Å². The molecule has 1 heterocycles. The van der Waals surface area contributed by atoms with Crippen LogP contribution in [0.4, 0.5) is 17.1 Å². The zero-order valence-electron chi connectivity index (χ0n) is 17.8. The molecule has 0 radical (unpaired) electrons. The minimum Gasteiger partial charge on any atom is -0.258 e. The summed E-state index contributed by atoms with van der Waals surface area (Å²) in [6.45, 7) is 10.0. The average Bonchev–Trinajstić information content (AvgIpc) is 2.71. The highest BCUT2D eigenvalue weighted by Gasteiger charge is 2.08. The highest BCUT2D eigenvalue weighted by atomic mass is 16.6. The van der Waals surface area contributed by atoms with Crippen LogP contribution in [0.2, 0.25) is 0 Å². The summed E-state index contributed by atoms with van der Waals surface area (Å²) in [6, 6.07) is 16.2. The molecular formula is C24H24N4O2. The number of hydrogen-bond acceptors (Lipinski definition) is 5. The fourth-order valence-electron chi connectivity index (χ4n) is 3.31. The number of nitro benzene ring substituents is 1. The SMILES string of the molecule is C/C(=N\c1ccc([N+](=O)[O-])cc1)c1cccc(/C(C)=N/c2c(C)cc(C)cc2C)n1. The van der Waals surface area contributed by atoms with Crippen molar-refractivity contribution in [1.29, 1.82) is 0 Å². The molecule has 6 heteroatoms. The largest absolute Gasteiger partial charge is 0.269 e. The monoisotopic (exact) mass is 400 g/mol. The van der Waals surface area contributed by atoms with Crippen molar-refractivity contribution >= 4 is 28.5 Å². The predicted molar refractivity (Wildman–Crippen MR) is 122 cm³/mol. The Morgan fingerprint density at radius 1 is 0.867 bits per heavy atom. The first-order valence-electron chi connectivity index (χ1n) is 9.65. The van der Waals surface area contributed by atoms with Gasteiger partial charge in [-0.1, -0.05) is 23.8 Å². The molecule has 0 N–H and O–H groups in total. The van der Waals surface area contributed by atoms with Crippen molar-refractivity contribution in [3.8, 4) is 0 Å². The molecule has 3 aromatic rings. The Morgan fingerprint density at radius 2 is 1.40 bits per heavy atom. The Bertz CT molecular complexity index is 1140. The van der Waals surface area contributed by atoms with Crippen LogP contribution in [0.5, 0.6) is 0 Å². The molecule has 0 bridgehead atoms. The van der Waals surface area contributed by atoms with Crippen LogP contribution in [0.25, 0.3) is 0 Å². The van der Waals surface area contributed by atoms with Crippen LogP contribution in [0.1, 0.15) is 41.9 Å². The van der Waals surface area contributed by atoms with Gasteiger partial charge in [-0.15, -0.1) is 0 Å². The van der Waals surface area contributed by atoms with E-state index >= 15 is 0 Å². The van der Waals surface area contributed by atoms with E-state index in [-0.39, 0.29) is 5.69 Å². The summed E-state index contributed by atoms with van der Waals surface area (Å²) in [5.41, 5.74) is 8.22. The fourth-order valence-corrected chi connectivity index (χ4v) is 3.31. The van der Waals surface area contributed by atoms with Crippen molar-refractivity contribution in [3.05, 3.63) is 92.8 Å². The topological polar surface area (TPSA) is 80.8 Å². The quantitative estimate of drug-likeness (QED) is 0.291. The fraction of sp³-hybridized carbons (Fsp3) is 0.208. The van der Waals surface area contributed by atoms with E-state index in [0.717, 1.165) is 39.6 Å². The molecule has 0 saturated carbocycles. The number of nitrogens with zero attached hydrogens (tertiary/aromatic N) is 4. The average molecular weight is 400 g/mol. The molecule has 2 aromatic carbocycles. The second kappa shape index (κ2) is 8.78. The zero-order valence-corrected chi connectivity index (χ0v) is 17.8. The van der Waals surface area contributed by atoms with Crippen molar-refractivity contribution in [2.24, 2.45) is 9.98 Å². The first kappa shape index (κ1) is 21.0. The molecule has 0 saturated heterocycles. The van der Waals surface area contributed by atoms with Gasteiger partial charge in [0.15, 0.2) is 0 Å². The molecule has 30 heavy (non-hydrogen) atoms. The van der Waals surface area contributed by atoms with Gasteiger partial charge in [0.05, 0.1) is 39.1 Å². The number of hydrogen-bond donors (Lipinski definition) is 0. The number of aromatic nitrogens is 1. The summed E-state index contributed by atoms with van der Waals surface area (Å²) in [5.74, 6) is 0. The zero-order chi connectivity index (χ0) is 21.8. The summed E-state index contributed by atoms with van der Waals surface area (Å²) in [4.78, 5) is 24.5. The van der Waals surface area contributed by atoms with Gasteiger partial charge in [0, 0.05) is 12.1 Å². The molecular weight excluding hydrogens is 376 g/mol. The third-order valence-electron chi connectivity index (χ3n) is 4.76. The maximum atomic E-state index is 10.8. The molecule has 0 unspecified atom stereocenters. The van der Waals surface area contributed by atoms with Gasteiger partial charge < -0.3 is 0 Å². The third kappa shape index (κ3) is 4.84. The molecule has 3 rings (SSSR count). The molecule has 0 aliphatic rings. The molecule has 0 atom stereocenters. The van der Waals surface area contributed by atoms with Crippen molar-refractivity contribution in [2.75, 3.05) is 0 Å². The predicted octanol–water partition coefficient (Wildman–Crippen LogP) is 6.20. The summed E-state index contributed by atoms with van der Waals surface area (Å²) in [5, 5.41) is 10.8. The van der Waals surface area contributed by atoms with Gasteiger partial charge >= 0.3 is 0 Å². The van der Waals surface area contributed by atoms with E-state index in [0.29, 0.717) is 5.69 Å².